The first-order valence-electron chi connectivity index (χ1n) is 9.61. The van der Waals surface area contributed by atoms with Gasteiger partial charge < -0.3 is 20.1 Å². The number of morpholine rings is 1. The van der Waals surface area contributed by atoms with Gasteiger partial charge in [-0.25, -0.2) is 0 Å². The van der Waals surface area contributed by atoms with Crippen molar-refractivity contribution in [1.29, 1.82) is 0 Å². The highest BCUT2D eigenvalue weighted by Crippen LogP contribution is 2.23. The lowest BCUT2D eigenvalue weighted by Crippen LogP contribution is -2.38. The molecule has 0 atom stereocenters. The number of rotatable bonds is 9. The zero-order valence-corrected chi connectivity index (χ0v) is 16.1. The zero-order valence-electron chi connectivity index (χ0n) is 16.1. The van der Waals surface area contributed by atoms with E-state index in [0.29, 0.717) is 23.5 Å². The molecular weight excluding hydrogens is 380 g/mol. The van der Waals surface area contributed by atoms with Gasteiger partial charge in [0.1, 0.15) is 5.75 Å². The van der Waals surface area contributed by atoms with Crippen LogP contribution in [-0.2, 0) is 4.74 Å². The van der Waals surface area contributed by atoms with Crippen molar-refractivity contribution in [2.75, 3.05) is 44.7 Å². The number of carbonyl (C=O) groups is 1. The summed E-state index contributed by atoms with van der Waals surface area (Å²) in [6, 6.07) is 13.3. The summed E-state index contributed by atoms with van der Waals surface area (Å²) < 4.78 is 34.2. The van der Waals surface area contributed by atoms with Gasteiger partial charge in [-0.3, -0.25) is 9.69 Å². The second-order valence-electron chi connectivity index (χ2n) is 6.64. The Bertz CT molecular complexity index is 781. The third-order valence-corrected chi connectivity index (χ3v) is 4.57. The normalized spacial score (nSPS) is 14.6. The van der Waals surface area contributed by atoms with Crippen molar-refractivity contribution in [3.8, 4) is 5.75 Å². The van der Waals surface area contributed by atoms with Crippen molar-refractivity contribution in [2.45, 2.75) is 13.0 Å². The molecule has 1 amide bonds. The standard InChI is InChI=1S/C21H25F2N3O3/c22-21(23)29-17-8-6-16(7-9-17)25-19-5-2-1-4-18(19)20(27)24-10-3-11-26-12-14-28-15-13-26/h1-2,4-9,21,25H,3,10-15H2,(H,24,27). The molecule has 29 heavy (non-hydrogen) atoms. The molecule has 0 saturated carbocycles. The van der Waals surface area contributed by atoms with E-state index in [1.807, 2.05) is 6.07 Å². The molecule has 156 valence electrons. The van der Waals surface area contributed by atoms with E-state index in [2.05, 4.69) is 20.3 Å². The molecule has 0 unspecified atom stereocenters. The van der Waals surface area contributed by atoms with Crippen LogP contribution in [0, 0.1) is 0 Å². The fraction of sp³-hybridized carbons (Fsp3) is 0.381. The maximum Gasteiger partial charge on any atom is 0.387 e. The fourth-order valence-corrected chi connectivity index (χ4v) is 3.09. The number of nitrogens with zero attached hydrogens (tertiary/aromatic N) is 1. The monoisotopic (exact) mass is 405 g/mol. The molecule has 3 rings (SSSR count). The molecule has 2 aromatic carbocycles. The smallest absolute Gasteiger partial charge is 0.387 e. The molecule has 1 aliphatic heterocycles. The van der Waals surface area contributed by atoms with Gasteiger partial charge in [-0.05, 0) is 49.4 Å². The molecule has 2 aromatic rings. The lowest BCUT2D eigenvalue weighted by molar-refractivity contribution is -0.0498. The van der Waals surface area contributed by atoms with Crippen LogP contribution in [0.15, 0.2) is 48.5 Å². The average Bonchev–Trinajstić information content (AvgIpc) is 2.73. The Morgan fingerprint density at radius 3 is 2.55 bits per heavy atom. The maximum absolute atomic E-state index is 12.6. The molecule has 0 radical (unpaired) electrons. The third kappa shape index (κ3) is 6.69. The minimum atomic E-state index is -2.86. The van der Waals surface area contributed by atoms with Crippen LogP contribution >= 0.6 is 0 Å². The largest absolute Gasteiger partial charge is 0.435 e. The van der Waals surface area contributed by atoms with Gasteiger partial charge in [0.25, 0.3) is 5.91 Å². The third-order valence-electron chi connectivity index (χ3n) is 4.57. The molecule has 8 heteroatoms. The van der Waals surface area contributed by atoms with Crippen LogP contribution in [0.5, 0.6) is 5.75 Å². The van der Waals surface area contributed by atoms with E-state index in [9.17, 15) is 13.6 Å². The quantitative estimate of drug-likeness (QED) is 0.626. The number of benzene rings is 2. The molecule has 0 spiro atoms. The summed E-state index contributed by atoms with van der Waals surface area (Å²) in [5.74, 6) is -0.0791. The number of hydrogen-bond donors (Lipinski definition) is 2. The average molecular weight is 405 g/mol. The summed E-state index contributed by atoms with van der Waals surface area (Å²) in [4.78, 5) is 14.9. The Hall–Kier alpha value is -2.71. The Morgan fingerprint density at radius 2 is 1.83 bits per heavy atom. The van der Waals surface area contributed by atoms with Crippen molar-refractivity contribution in [3.63, 3.8) is 0 Å². The predicted octanol–water partition coefficient (Wildman–Crippen LogP) is 3.48. The van der Waals surface area contributed by atoms with E-state index in [0.717, 1.165) is 39.3 Å². The predicted molar refractivity (Wildman–Crippen MR) is 107 cm³/mol. The molecule has 1 aliphatic rings. The van der Waals surface area contributed by atoms with Crippen LogP contribution in [0.4, 0.5) is 20.2 Å². The number of amides is 1. The Balaban J connectivity index is 1.53. The molecule has 0 aliphatic carbocycles. The van der Waals surface area contributed by atoms with E-state index in [1.54, 1.807) is 30.3 Å². The number of ether oxygens (including phenoxy) is 2. The van der Waals surface area contributed by atoms with Crippen molar-refractivity contribution >= 4 is 17.3 Å². The van der Waals surface area contributed by atoms with E-state index >= 15 is 0 Å². The number of carbonyl (C=O) groups excluding carboxylic acids is 1. The molecule has 6 nitrogen and oxygen atoms in total. The van der Waals surface area contributed by atoms with Gasteiger partial charge >= 0.3 is 6.61 Å². The minimum absolute atomic E-state index is 0.0804. The molecule has 1 fully saturated rings. The van der Waals surface area contributed by atoms with Crippen molar-refractivity contribution in [3.05, 3.63) is 54.1 Å². The van der Waals surface area contributed by atoms with Crippen LogP contribution < -0.4 is 15.4 Å². The summed E-state index contributed by atoms with van der Waals surface area (Å²) >= 11 is 0. The Morgan fingerprint density at radius 1 is 1.10 bits per heavy atom. The lowest BCUT2D eigenvalue weighted by atomic mass is 10.1. The summed E-state index contributed by atoms with van der Waals surface area (Å²) in [6.45, 7) is 2.05. The second-order valence-corrected chi connectivity index (χ2v) is 6.64. The summed E-state index contributed by atoms with van der Waals surface area (Å²) in [5, 5.41) is 6.11. The minimum Gasteiger partial charge on any atom is -0.435 e. The molecule has 1 saturated heterocycles. The SMILES string of the molecule is O=C(NCCCN1CCOCC1)c1ccccc1Nc1ccc(OC(F)F)cc1. The van der Waals surface area contributed by atoms with Gasteiger partial charge in [0.2, 0.25) is 0 Å². The van der Waals surface area contributed by atoms with Gasteiger partial charge in [0, 0.05) is 25.3 Å². The van der Waals surface area contributed by atoms with E-state index in [-0.39, 0.29) is 11.7 Å². The molecular formula is C21H25F2N3O3. The number of anilines is 2. The highest BCUT2D eigenvalue weighted by molar-refractivity contribution is 6.00. The zero-order chi connectivity index (χ0) is 20.5. The van der Waals surface area contributed by atoms with E-state index in [4.69, 9.17) is 4.74 Å². The number of nitrogens with one attached hydrogen (secondary N) is 2. The van der Waals surface area contributed by atoms with Crippen molar-refractivity contribution < 1.29 is 23.0 Å². The molecule has 1 heterocycles. The summed E-state index contributed by atoms with van der Waals surface area (Å²) in [6.07, 6.45) is 0.868. The van der Waals surface area contributed by atoms with Gasteiger partial charge in [0.05, 0.1) is 24.5 Å². The van der Waals surface area contributed by atoms with Gasteiger partial charge in [-0.15, -0.1) is 0 Å². The van der Waals surface area contributed by atoms with Crippen molar-refractivity contribution in [1.82, 2.24) is 10.2 Å². The Labute approximate surface area is 168 Å². The number of para-hydroxylation sites is 1. The van der Waals surface area contributed by atoms with Crippen molar-refractivity contribution in [2.24, 2.45) is 0 Å². The fourth-order valence-electron chi connectivity index (χ4n) is 3.09. The first-order valence-corrected chi connectivity index (χ1v) is 9.61. The van der Waals surface area contributed by atoms with Crippen LogP contribution in [0.3, 0.4) is 0 Å². The van der Waals surface area contributed by atoms with Gasteiger partial charge in [-0.2, -0.15) is 8.78 Å². The van der Waals surface area contributed by atoms with E-state index in [1.165, 1.54) is 12.1 Å². The number of hydrogen-bond acceptors (Lipinski definition) is 5. The first-order chi connectivity index (χ1) is 14.1. The highest BCUT2D eigenvalue weighted by Gasteiger charge is 2.13. The Kier molecular flexibility index (Phi) is 7.77. The molecule has 0 bridgehead atoms. The van der Waals surface area contributed by atoms with Crippen LogP contribution in [0.25, 0.3) is 0 Å². The topological polar surface area (TPSA) is 62.8 Å². The number of alkyl halides is 2. The molecule has 0 aromatic heterocycles. The van der Waals surface area contributed by atoms with Crippen LogP contribution in [-0.4, -0.2) is 56.8 Å². The first kappa shape index (κ1) is 21.0. The number of halogens is 2. The van der Waals surface area contributed by atoms with Crippen LogP contribution in [0.2, 0.25) is 0 Å². The van der Waals surface area contributed by atoms with Gasteiger partial charge in [-0.1, -0.05) is 12.1 Å². The summed E-state index contributed by atoms with van der Waals surface area (Å²) in [7, 11) is 0. The molecule has 2 N–H and O–H groups in total. The summed E-state index contributed by atoms with van der Waals surface area (Å²) in [5.41, 5.74) is 1.83. The van der Waals surface area contributed by atoms with Crippen LogP contribution in [0.1, 0.15) is 16.8 Å². The second kappa shape index (κ2) is 10.7. The van der Waals surface area contributed by atoms with Gasteiger partial charge in [0.15, 0.2) is 0 Å². The lowest BCUT2D eigenvalue weighted by Gasteiger charge is -2.26. The maximum atomic E-state index is 12.6. The highest BCUT2D eigenvalue weighted by atomic mass is 19.3. The van der Waals surface area contributed by atoms with E-state index < -0.39 is 6.61 Å².